The smallest absolute Gasteiger partial charge is 0.119 e. The van der Waals surface area contributed by atoms with E-state index < -0.39 is 6.10 Å². The first-order chi connectivity index (χ1) is 11.2. The minimum Gasteiger partial charge on any atom is -0.494 e. The van der Waals surface area contributed by atoms with Crippen molar-refractivity contribution >= 4 is 11.3 Å². The molecule has 1 atom stereocenters. The van der Waals surface area contributed by atoms with Gasteiger partial charge in [0.05, 0.1) is 6.61 Å². The fourth-order valence-electron chi connectivity index (χ4n) is 2.80. The summed E-state index contributed by atoms with van der Waals surface area (Å²) in [7, 11) is 0. The molecule has 5 heteroatoms. The minimum absolute atomic E-state index is 0.307. The lowest BCUT2D eigenvalue weighted by Gasteiger charge is -2.28. The number of hydrogen-bond donors (Lipinski definition) is 1. The molecule has 3 rings (SSSR count). The quantitative estimate of drug-likeness (QED) is 0.846. The third-order valence-corrected chi connectivity index (χ3v) is 4.96. The number of thiophene rings is 1. The summed E-state index contributed by atoms with van der Waals surface area (Å²) in [6, 6.07) is 9.70. The van der Waals surface area contributed by atoms with Crippen LogP contribution in [-0.2, 0) is 13.0 Å². The highest BCUT2D eigenvalue weighted by Crippen LogP contribution is 2.24. The van der Waals surface area contributed by atoms with Crippen LogP contribution in [0.25, 0.3) is 0 Å². The zero-order valence-corrected chi connectivity index (χ0v) is 14.2. The van der Waals surface area contributed by atoms with Crippen LogP contribution in [0.1, 0.15) is 17.4 Å². The number of rotatable bonds is 7. The normalized spacial score (nSPS) is 15.9. The van der Waals surface area contributed by atoms with Crippen LogP contribution in [0.3, 0.4) is 0 Å². The molecule has 23 heavy (non-hydrogen) atoms. The number of aliphatic hydroxyl groups excluding tert-OH is 1. The van der Waals surface area contributed by atoms with Gasteiger partial charge in [0.15, 0.2) is 0 Å². The molecule has 1 unspecified atom stereocenters. The van der Waals surface area contributed by atoms with E-state index in [1.54, 1.807) is 0 Å². The zero-order valence-electron chi connectivity index (χ0n) is 13.4. The Kier molecular flexibility index (Phi) is 5.54. The molecular formula is C18H23NO3S. The number of hydrogen-bond acceptors (Lipinski definition) is 5. The van der Waals surface area contributed by atoms with Crippen molar-refractivity contribution < 1.29 is 14.6 Å². The highest BCUT2D eigenvalue weighted by Gasteiger charge is 2.19. The standard InChI is InChI=1S/C18H23NO3S/c1-2-21-16-3-5-17(6-4-16)22-13-15(20)12-19-9-7-18-14(11-19)8-10-23-18/h3-6,8,10,15,20H,2,7,9,11-13H2,1H3. The molecule has 1 aliphatic heterocycles. The van der Waals surface area contributed by atoms with E-state index in [-0.39, 0.29) is 0 Å². The SMILES string of the molecule is CCOc1ccc(OCC(O)CN2CCc3sccc3C2)cc1. The molecule has 0 spiro atoms. The van der Waals surface area contributed by atoms with Crippen molar-refractivity contribution in [3.63, 3.8) is 0 Å². The zero-order chi connectivity index (χ0) is 16.1. The van der Waals surface area contributed by atoms with Crippen LogP contribution >= 0.6 is 11.3 Å². The third-order valence-electron chi connectivity index (χ3n) is 3.93. The first-order valence-electron chi connectivity index (χ1n) is 8.06. The molecule has 4 nitrogen and oxygen atoms in total. The van der Waals surface area contributed by atoms with E-state index in [1.807, 2.05) is 42.5 Å². The van der Waals surface area contributed by atoms with E-state index >= 15 is 0 Å². The number of fused-ring (bicyclic) bond motifs is 1. The second kappa shape index (κ2) is 7.81. The van der Waals surface area contributed by atoms with Crippen LogP contribution in [0, 0.1) is 0 Å². The Hall–Kier alpha value is -1.56. The Morgan fingerprint density at radius 1 is 1.17 bits per heavy atom. The Morgan fingerprint density at radius 2 is 1.91 bits per heavy atom. The average molecular weight is 333 g/mol. The fourth-order valence-corrected chi connectivity index (χ4v) is 3.69. The minimum atomic E-state index is -0.484. The van der Waals surface area contributed by atoms with Gasteiger partial charge >= 0.3 is 0 Å². The number of benzene rings is 1. The first-order valence-corrected chi connectivity index (χ1v) is 8.94. The molecule has 0 fully saturated rings. The Morgan fingerprint density at radius 3 is 2.65 bits per heavy atom. The lowest BCUT2D eigenvalue weighted by atomic mass is 10.1. The summed E-state index contributed by atoms with van der Waals surface area (Å²) in [5.41, 5.74) is 1.40. The van der Waals surface area contributed by atoms with E-state index in [2.05, 4.69) is 16.3 Å². The lowest BCUT2D eigenvalue weighted by Crippen LogP contribution is -2.38. The highest BCUT2D eigenvalue weighted by atomic mass is 32.1. The van der Waals surface area contributed by atoms with Gasteiger partial charge in [-0.05, 0) is 54.6 Å². The fraction of sp³-hybridized carbons (Fsp3) is 0.444. The van der Waals surface area contributed by atoms with Crippen molar-refractivity contribution in [1.29, 1.82) is 0 Å². The summed E-state index contributed by atoms with van der Waals surface area (Å²) in [6.45, 7) is 5.50. The van der Waals surface area contributed by atoms with Gasteiger partial charge < -0.3 is 14.6 Å². The van der Waals surface area contributed by atoms with Gasteiger partial charge in [-0.2, -0.15) is 0 Å². The second-order valence-electron chi connectivity index (χ2n) is 5.72. The van der Waals surface area contributed by atoms with Crippen LogP contribution in [0.4, 0.5) is 0 Å². The Bertz CT molecular complexity index is 611. The molecule has 1 aromatic carbocycles. The Balaban J connectivity index is 1.44. The van der Waals surface area contributed by atoms with E-state index in [9.17, 15) is 5.11 Å². The van der Waals surface area contributed by atoms with Crippen molar-refractivity contribution in [2.24, 2.45) is 0 Å². The highest BCUT2D eigenvalue weighted by molar-refractivity contribution is 7.10. The lowest BCUT2D eigenvalue weighted by molar-refractivity contribution is 0.0640. The van der Waals surface area contributed by atoms with Crippen molar-refractivity contribution in [3.8, 4) is 11.5 Å². The molecule has 1 aromatic heterocycles. The molecule has 0 saturated carbocycles. The van der Waals surface area contributed by atoms with Crippen molar-refractivity contribution in [2.75, 3.05) is 26.3 Å². The van der Waals surface area contributed by atoms with Crippen molar-refractivity contribution in [2.45, 2.75) is 26.0 Å². The largest absolute Gasteiger partial charge is 0.494 e. The van der Waals surface area contributed by atoms with E-state index in [1.165, 1.54) is 10.4 Å². The molecule has 0 amide bonds. The topological polar surface area (TPSA) is 41.9 Å². The summed E-state index contributed by atoms with van der Waals surface area (Å²) in [5.74, 6) is 1.59. The number of ether oxygens (including phenoxy) is 2. The maximum atomic E-state index is 10.2. The van der Waals surface area contributed by atoms with Crippen molar-refractivity contribution in [3.05, 3.63) is 46.2 Å². The summed E-state index contributed by atoms with van der Waals surface area (Å²) in [6.07, 6.45) is 0.598. The molecule has 1 aliphatic rings. The molecule has 0 aliphatic carbocycles. The van der Waals surface area contributed by atoms with Crippen LogP contribution in [0.15, 0.2) is 35.7 Å². The van der Waals surface area contributed by atoms with Crippen LogP contribution < -0.4 is 9.47 Å². The van der Waals surface area contributed by atoms with Crippen molar-refractivity contribution in [1.82, 2.24) is 4.90 Å². The Labute approximate surface area is 141 Å². The number of aliphatic hydroxyl groups is 1. The van der Waals surface area contributed by atoms with Gasteiger partial charge in [0.25, 0.3) is 0 Å². The van der Waals surface area contributed by atoms with Gasteiger partial charge in [-0.3, -0.25) is 4.90 Å². The maximum absolute atomic E-state index is 10.2. The monoisotopic (exact) mass is 333 g/mol. The van der Waals surface area contributed by atoms with E-state index in [0.717, 1.165) is 31.0 Å². The molecule has 1 N–H and O–H groups in total. The predicted molar refractivity (Wildman–Crippen MR) is 92.4 cm³/mol. The average Bonchev–Trinajstić information content (AvgIpc) is 3.02. The van der Waals surface area contributed by atoms with Gasteiger partial charge in [0, 0.05) is 24.5 Å². The summed E-state index contributed by atoms with van der Waals surface area (Å²) >= 11 is 1.83. The number of β-amino-alcohol motifs (C(OH)–C–C–N with tert-alkyl or cyclic N) is 1. The van der Waals surface area contributed by atoms with Gasteiger partial charge in [-0.1, -0.05) is 0 Å². The van der Waals surface area contributed by atoms with Gasteiger partial charge in [0.2, 0.25) is 0 Å². The first kappa shape index (κ1) is 16.3. The molecule has 0 radical (unpaired) electrons. The third kappa shape index (κ3) is 4.47. The van der Waals surface area contributed by atoms with Gasteiger partial charge in [0.1, 0.15) is 24.2 Å². The van der Waals surface area contributed by atoms with Crippen LogP contribution in [0.2, 0.25) is 0 Å². The van der Waals surface area contributed by atoms with E-state index in [0.29, 0.717) is 19.8 Å². The number of nitrogens with zero attached hydrogens (tertiary/aromatic N) is 1. The molecule has 2 heterocycles. The van der Waals surface area contributed by atoms with Gasteiger partial charge in [-0.15, -0.1) is 11.3 Å². The predicted octanol–water partition coefficient (Wildman–Crippen LogP) is 2.94. The maximum Gasteiger partial charge on any atom is 0.119 e. The van der Waals surface area contributed by atoms with Gasteiger partial charge in [-0.25, -0.2) is 0 Å². The van der Waals surface area contributed by atoms with Crippen LogP contribution in [-0.4, -0.2) is 42.4 Å². The molecule has 0 bridgehead atoms. The molecule has 124 valence electrons. The molecule has 2 aromatic rings. The summed E-state index contributed by atoms with van der Waals surface area (Å²) in [5, 5.41) is 12.4. The van der Waals surface area contributed by atoms with E-state index in [4.69, 9.17) is 9.47 Å². The summed E-state index contributed by atoms with van der Waals surface area (Å²) in [4.78, 5) is 3.78. The van der Waals surface area contributed by atoms with Crippen LogP contribution in [0.5, 0.6) is 11.5 Å². The summed E-state index contributed by atoms with van der Waals surface area (Å²) < 4.78 is 11.1. The molecular weight excluding hydrogens is 310 g/mol. The molecule has 0 saturated heterocycles. The second-order valence-corrected chi connectivity index (χ2v) is 6.72.